The molecule has 0 bridgehead atoms. The zero-order valence-corrected chi connectivity index (χ0v) is 16.5. The fraction of sp³-hybridized carbons (Fsp3) is 0.529. The highest BCUT2D eigenvalue weighted by Gasteiger charge is 2.25. The van der Waals surface area contributed by atoms with E-state index in [1.807, 2.05) is 0 Å². The molecule has 0 saturated heterocycles. The molecule has 0 fully saturated rings. The monoisotopic (exact) mass is 386 g/mol. The molecule has 8 nitrogen and oxygen atoms in total. The average molecular weight is 386 g/mol. The highest BCUT2D eigenvalue weighted by atomic mass is 32.2. The van der Waals surface area contributed by atoms with E-state index in [4.69, 9.17) is 9.47 Å². The van der Waals surface area contributed by atoms with Crippen molar-refractivity contribution < 1.29 is 27.5 Å². The maximum absolute atomic E-state index is 12.5. The van der Waals surface area contributed by atoms with Crippen molar-refractivity contribution in [3.05, 3.63) is 29.8 Å². The van der Waals surface area contributed by atoms with E-state index in [-0.39, 0.29) is 16.5 Å². The molecule has 9 heteroatoms. The van der Waals surface area contributed by atoms with Crippen molar-refractivity contribution in [2.24, 2.45) is 0 Å². The Hall–Kier alpha value is -1.97. The Kier molecular flexibility index (Phi) is 8.19. The summed E-state index contributed by atoms with van der Waals surface area (Å²) in [7, 11) is -0.745. The van der Waals surface area contributed by atoms with Crippen molar-refractivity contribution in [1.29, 1.82) is 0 Å². The number of benzene rings is 1. The van der Waals surface area contributed by atoms with Gasteiger partial charge in [0.2, 0.25) is 10.0 Å². The fourth-order valence-corrected chi connectivity index (χ4v) is 3.34. The highest BCUT2D eigenvalue weighted by molar-refractivity contribution is 7.89. The number of hydrogen-bond acceptors (Lipinski definition) is 6. The molecule has 0 spiro atoms. The van der Waals surface area contributed by atoms with E-state index in [0.717, 1.165) is 0 Å². The van der Waals surface area contributed by atoms with Gasteiger partial charge in [0.1, 0.15) is 0 Å². The first-order valence-electron chi connectivity index (χ1n) is 8.17. The highest BCUT2D eigenvalue weighted by Crippen LogP contribution is 2.18. The van der Waals surface area contributed by atoms with Crippen molar-refractivity contribution in [2.75, 3.05) is 27.3 Å². The molecule has 1 atom stereocenters. The summed E-state index contributed by atoms with van der Waals surface area (Å²) in [5.41, 5.74) is 0.0553. The minimum Gasteiger partial charge on any atom is -0.449 e. The summed E-state index contributed by atoms with van der Waals surface area (Å²) in [6, 6.07) is 5.32. The topological polar surface area (TPSA) is 102 Å². The Balaban J connectivity index is 2.87. The molecule has 0 aliphatic heterocycles. The first-order valence-corrected chi connectivity index (χ1v) is 9.61. The number of amides is 1. The summed E-state index contributed by atoms with van der Waals surface area (Å²) in [5, 5.41) is 2.56. The van der Waals surface area contributed by atoms with Crippen molar-refractivity contribution in [1.82, 2.24) is 9.62 Å². The van der Waals surface area contributed by atoms with E-state index < -0.39 is 28.0 Å². The summed E-state index contributed by atoms with van der Waals surface area (Å²) in [4.78, 5) is 24.1. The second kappa shape index (κ2) is 9.65. The maximum Gasteiger partial charge on any atom is 0.338 e. The van der Waals surface area contributed by atoms with Crippen LogP contribution < -0.4 is 5.32 Å². The first-order chi connectivity index (χ1) is 12.1. The van der Waals surface area contributed by atoms with Gasteiger partial charge in [-0.05, 0) is 39.0 Å². The van der Waals surface area contributed by atoms with Crippen molar-refractivity contribution in [3.63, 3.8) is 0 Å². The molecular weight excluding hydrogens is 360 g/mol. The number of hydrogen-bond donors (Lipinski definition) is 1. The predicted octanol–water partition coefficient (Wildman–Crippen LogP) is 1.02. The van der Waals surface area contributed by atoms with E-state index >= 15 is 0 Å². The predicted molar refractivity (Wildman–Crippen MR) is 96.3 cm³/mol. The summed E-state index contributed by atoms with van der Waals surface area (Å²) < 4.78 is 36.2. The van der Waals surface area contributed by atoms with Crippen LogP contribution in [0.1, 0.15) is 31.1 Å². The van der Waals surface area contributed by atoms with Crippen LogP contribution in [0.4, 0.5) is 0 Å². The van der Waals surface area contributed by atoms with Gasteiger partial charge in [-0.2, -0.15) is 4.31 Å². The molecule has 1 rings (SSSR count). The molecule has 1 aromatic carbocycles. The molecule has 0 aliphatic carbocycles. The second-order valence-corrected chi connectivity index (χ2v) is 7.97. The van der Waals surface area contributed by atoms with Gasteiger partial charge >= 0.3 is 5.97 Å². The quantitative estimate of drug-likeness (QED) is 0.502. The molecule has 26 heavy (non-hydrogen) atoms. The number of nitrogens with one attached hydrogen (secondary N) is 1. The zero-order valence-electron chi connectivity index (χ0n) is 15.7. The molecule has 1 aromatic rings. The molecule has 0 heterocycles. The van der Waals surface area contributed by atoms with Gasteiger partial charge in [0.15, 0.2) is 6.10 Å². The second-order valence-electron chi connectivity index (χ2n) is 5.97. The van der Waals surface area contributed by atoms with Crippen molar-refractivity contribution in [2.45, 2.75) is 37.8 Å². The molecule has 0 radical (unpaired) electrons. The smallest absolute Gasteiger partial charge is 0.338 e. The average Bonchev–Trinajstić information content (AvgIpc) is 2.60. The van der Waals surface area contributed by atoms with Crippen LogP contribution in [-0.4, -0.2) is 64.1 Å². The Labute approximate surface area is 154 Å². The summed E-state index contributed by atoms with van der Waals surface area (Å²) in [6.45, 7) is 5.58. The Bertz CT molecular complexity index is 733. The summed E-state index contributed by atoms with van der Waals surface area (Å²) in [6.07, 6.45) is -1.02. The van der Waals surface area contributed by atoms with Crippen molar-refractivity contribution in [3.8, 4) is 0 Å². The standard InChI is InChI=1S/C17H26N2O6S/c1-12(2)19(4)26(22,23)15-8-6-7-14(11-15)17(21)25-13(3)16(20)18-9-10-24-5/h6-8,11-13H,9-10H2,1-5H3,(H,18,20)/t13-/m1/s1. The van der Waals surface area contributed by atoms with Gasteiger partial charge in [-0.1, -0.05) is 6.07 Å². The molecule has 1 N–H and O–H groups in total. The lowest BCUT2D eigenvalue weighted by atomic mass is 10.2. The number of carbonyl (C=O) groups is 2. The third-order valence-corrected chi connectivity index (χ3v) is 5.76. The van der Waals surface area contributed by atoms with Gasteiger partial charge in [0.05, 0.1) is 17.1 Å². The molecule has 146 valence electrons. The third kappa shape index (κ3) is 5.79. The van der Waals surface area contributed by atoms with E-state index in [1.54, 1.807) is 13.8 Å². The number of ether oxygens (including phenoxy) is 2. The number of nitrogens with zero attached hydrogens (tertiary/aromatic N) is 1. The lowest BCUT2D eigenvalue weighted by molar-refractivity contribution is -0.129. The van der Waals surface area contributed by atoms with Gasteiger partial charge in [-0.3, -0.25) is 4.79 Å². The van der Waals surface area contributed by atoms with Gasteiger partial charge < -0.3 is 14.8 Å². The number of rotatable bonds is 9. The molecule has 0 unspecified atom stereocenters. The van der Waals surface area contributed by atoms with Crippen LogP contribution in [0.2, 0.25) is 0 Å². The van der Waals surface area contributed by atoms with E-state index in [1.165, 1.54) is 49.7 Å². The number of sulfonamides is 1. The normalized spacial score (nSPS) is 12.9. The number of methoxy groups -OCH3 is 1. The first kappa shape index (κ1) is 22.1. The lowest BCUT2D eigenvalue weighted by Crippen LogP contribution is -2.37. The Morgan fingerprint density at radius 1 is 1.23 bits per heavy atom. The number of esters is 1. The maximum atomic E-state index is 12.5. The molecule has 0 saturated carbocycles. The van der Waals surface area contributed by atoms with Gasteiger partial charge in [-0.15, -0.1) is 0 Å². The minimum atomic E-state index is -3.72. The van der Waals surface area contributed by atoms with E-state index in [0.29, 0.717) is 13.2 Å². The number of carbonyl (C=O) groups excluding carboxylic acids is 2. The van der Waals surface area contributed by atoms with Crippen LogP contribution in [0.5, 0.6) is 0 Å². The minimum absolute atomic E-state index is 0.0136. The Morgan fingerprint density at radius 2 is 1.88 bits per heavy atom. The zero-order chi connectivity index (χ0) is 19.9. The molecule has 0 aromatic heterocycles. The van der Waals surface area contributed by atoms with Gasteiger partial charge in [-0.25, -0.2) is 13.2 Å². The fourth-order valence-electron chi connectivity index (χ4n) is 1.93. The van der Waals surface area contributed by atoms with Crippen LogP contribution in [0.3, 0.4) is 0 Å². The molecule has 1 amide bonds. The van der Waals surface area contributed by atoms with Gasteiger partial charge in [0, 0.05) is 26.7 Å². The molecule has 0 aliphatic rings. The van der Waals surface area contributed by atoms with Crippen LogP contribution in [0, 0.1) is 0 Å². The Morgan fingerprint density at radius 3 is 2.46 bits per heavy atom. The van der Waals surface area contributed by atoms with Crippen LogP contribution >= 0.6 is 0 Å². The van der Waals surface area contributed by atoms with Crippen LogP contribution in [0.15, 0.2) is 29.2 Å². The van der Waals surface area contributed by atoms with Crippen LogP contribution in [-0.2, 0) is 24.3 Å². The lowest BCUT2D eigenvalue weighted by Gasteiger charge is -2.21. The SMILES string of the molecule is COCCNC(=O)[C@@H](C)OC(=O)c1cccc(S(=O)(=O)N(C)C(C)C)c1. The van der Waals surface area contributed by atoms with Gasteiger partial charge in [0.25, 0.3) is 5.91 Å². The van der Waals surface area contributed by atoms with Crippen LogP contribution in [0.25, 0.3) is 0 Å². The van der Waals surface area contributed by atoms with E-state index in [2.05, 4.69) is 5.32 Å². The summed E-state index contributed by atoms with van der Waals surface area (Å²) >= 11 is 0. The summed E-state index contributed by atoms with van der Waals surface area (Å²) in [5.74, 6) is -1.23. The van der Waals surface area contributed by atoms with Crippen molar-refractivity contribution >= 4 is 21.9 Å². The molecular formula is C17H26N2O6S. The largest absolute Gasteiger partial charge is 0.449 e. The third-order valence-electron chi connectivity index (χ3n) is 3.73. The van der Waals surface area contributed by atoms with E-state index in [9.17, 15) is 18.0 Å².